The van der Waals surface area contributed by atoms with Crippen molar-refractivity contribution in [3.8, 4) is 0 Å². The molecule has 0 aromatic heterocycles. The van der Waals surface area contributed by atoms with E-state index in [1.807, 2.05) is 0 Å². The Hall–Kier alpha value is -1.12. The first kappa shape index (κ1) is 12.3. The van der Waals surface area contributed by atoms with Crippen molar-refractivity contribution in [1.29, 1.82) is 0 Å². The Kier molecular flexibility index (Phi) is 3.65. The minimum absolute atomic E-state index is 0.0657. The van der Waals surface area contributed by atoms with Gasteiger partial charge in [-0.15, -0.1) is 0 Å². The Labute approximate surface area is 103 Å². The molecule has 0 bridgehead atoms. The summed E-state index contributed by atoms with van der Waals surface area (Å²) in [7, 11) is 0. The van der Waals surface area contributed by atoms with E-state index in [9.17, 15) is 9.59 Å². The number of carbonyl (C=O) groups excluding carboxylic acids is 2. The highest BCUT2D eigenvalue weighted by atomic mass is 16.1. The van der Waals surface area contributed by atoms with Gasteiger partial charge in [-0.3, -0.25) is 9.59 Å². The first-order chi connectivity index (χ1) is 8.13. The normalized spacial score (nSPS) is 27.3. The van der Waals surface area contributed by atoms with Gasteiger partial charge in [0.2, 0.25) is 0 Å². The van der Waals surface area contributed by atoms with E-state index in [4.69, 9.17) is 0 Å². The van der Waals surface area contributed by atoms with Gasteiger partial charge in [0.25, 0.3) is 0 Å². The Bertz CT molecular complexity index is 342. The molecule has 3 heteroatoms. The highest BCUT2D eigenvalue weighted by molar-refractivity contribution is 6.22. The van der Waals surface area contributed by atoms with Crippen molar-refractivity contribution >= 4 is 11.6 Å². The van der Waals surface area contributed by atoms with Crippen LogP contribution in [0.5, 0.6) is 0 Å². The van der Waals surface area contributed by atoms with E-state index < -0.39 is 0 Å². The van der Waals surface area contributed by atoms with E-state index in [1.54, 1.807) is 0 Å². The molecule has 1 atom stereocenters. The molecule has 1 aliphatic carbocycles. The van der Waals surface area contributed by atoms with Crippen LogP contribution in [0.25, 0.3) is 0 Å². The van der Waals surface area contributed by atoms with E-state index in [1.165, 1.54) is 0 Å². The van der Waals surface area contributed by atoms with Crippen molar-refractivity contribution in [3.05, 3.63) is 11.3 Å². The third-order valence-electron chi connectivity index (χ3n) is 4.15. The molecular weight excluding hydrogens is 214 g/mol. The van der Waals surface area contributed by atoms with Gasteiger partial charge in [0, 0.05) is 25.1 Å². The number of Topliss-reactive ketones (excluding diaryl/α,β-unsaturated/α-hetero) is 2. The molecule has 17 heavy (non-hydrogen) atoms. The Morgan fingerprint density at radius 2 is 1.94 bits per heavy atom. The monoisotopic (exact) mass is 235 g/mol. The number of ketones is 2. The van der Waals surface area contributed by atoms with Gasteiger partial charge < -0.3 is 5.32 Å². The lowest BCUT2D eigenvalue weighted by Crippen LogP contribution is -2.31. The molecule has 2 fully saturated rings. The van der Waals surface area contributed by atoms with Crippen LogP contribution in [0.2, 0.25) is 0 Å². The summed E-state index contributed by atoms with van der Waals surface area (Å²) in [5, 5.41) is 3.18. The lowest BCUT2D eigenvalue weighted by Gasteiger charge is -2.27. The van der Waals surface area contributed by atoms with Crippen molar-refractivity contribution in [2.45, 2.75) is 46.0 Å². The maximum Gasteiger partial charge on any atom is 0.168 e. The molecule has 1 heterocycles. The maximum atomic E-state index is 12.1. The van der Waals surface area contributed by atoms with E-state index >= 15 is 0 Å². The van der Waals surface area contributed by atoms with Crippen LogP contribution in [0.4, 0.5) is 0 Å². The van der Waals surface area contributed by atoms with E-state index in [0.717, 1.165) is 31.5 Å². The zero-order valence-corrected chi connectivity index (χ0v) is 10.7. The fourth-order valence-electron chi connectivity index (χ4n) is 2.79. The van der Waals surface area contributed by atoms with Crippen molar-refractivity contribution in [1.82, 2.24) is 5.32 Å². The Morgan fingerprint density at radius 1 is 1.29 bits per heavy atom. The summed E-state index contributed by atoms with van der Waals surface area (Å²) in [6.45, 7) is 5.15. The summed E-state index contributed by atoms with van der Waals surface area (Å²) < 4.78 is 0. The summed E-state index contributed by atoms with van der Waals surface area (Å²) >= 11 is 0. The standard InChI is InChI=1S/C14H21NO2/c1-3-9(2)10-7-12(16)14(13(17)8-10)11-5-4-6-15-11/h9-10,15H,3-8H2,1-2H3. The van der Waals surface area contributed by atoms with Crippen LogP contribution in [0.1, 0.15) is 46.0 Å². The second-order valence-corrected chi connectivity index (χ2v) is 5.28. The summed E-state index contributed by atoms with van der Waals surface area (Å²) in [6, 6.07) is 0. The van der Waals surface area contributed by atoms with Crippen molar-refractivity contribution < 1.29 is 9.59 Å². The maximum absolute atomic E-state index is 12.1. The Morgan fingerprint density at radius 3 is 2.41 bits per heavy atom. The van der Waals surface area contributed by atoms with Crippen LogP contribution in [-0.2, 0) is 9.59 Å². The van der Waals surface area contributed by atoms with Gasteiger partial charge in [-0.25, -0.2) is 0 Å². The molecule has 94 valence electrons. The molecule has 3 nitrogen and oxygen atoms in total. The zero-order valence-electron chi connectivity index (χ0n) is 10.7. The van der Waals surface area contributed by atoms with Crippen LogP contribution in [0.15, 0.2) is 11.3 Å². The average molecular weight is 235 g/mol. The minimum atomic E-state index is 0.0657. The molecule has 1 saturated carbocycles. The Balaban J connectivity index is 2.17. The first-order valence-corrected chi connectivity index (χ1v) is 6.66. The number of allylic oxidation sites excluding steroid dienone is 2. The molecule has 2 rings (SSSR count). The van der Waals surface area contributed by atoms with Crippen molar-refractivity contribution in [2.75, 3.05) is 6.54 Å². The highest BCUT2D eigenvalue weighted by Crippen LogP contribution is 2.32. The molecule has 0 amide bonds. The van der Waals surface area contributed by atoms with Crippen molar-refractivity contribution in [2.24, 2.45) is 11.8 Å². The smallest absolute Gasteiger partial charge is 0.168 e. The molecule has 0 aromatic carbocycles. The number of hydrogen-bond donors (Lipinski definition) is 1. The summed E-state index contributed by atoms with van der Waals surface area (Å²) in [4.78, 5) is 24.2. The highest BCUT2D eigenvalue weighted by Gasteiger charge is 2.35. The third-order valence-corrected chi connectivity index (χ3v) is 4.15. The second kappa shape index (κ2) is 5.03. The minimum Gasteiger partial charge on any atom is -0.388 e. The van der Waals surface area contributed by atoms with E-state index in [-0.39, 0.29) is 17.5 Å². The number of carbonyl (C=O) groups is 2. The molecule has 1 unspecified atom stereocenters. The average Bonchev–Trinajstić information content (AvgIpc) is 2.80. The van der Waals surface area contributed by atoms with Gasteiger partial charge in [0.15, 0.2) is 11.6 Å². The van der Waals surface area contributed by atoms with Crippen LogP contribution in [0, 0.1) is 11.8 Å². The fourth-order valence-corrected chi connectivity index (χ4v) is 2.79. The number of nitrogens with one attached hydrogen (secondary N) is 1. The molecule has 0 radical (unpaired) electrons. The largest absolute Gasteiger partial charge is 0.388 e. The molecular formula is C14H21NO2. The third kappa shape index (κ3) is 2.43. The fraction of sp³-hybridized carbons (Fsp3) is 0.714. The molecule has 1 N–H and O–H groups in total. The van der Waals surface area contributed by atoms with Gasteiger partial charge >= 0.3 is 0 Å². The lowest BCUT2D eigenvalue weighted by molar-refractivity contribution is -0.126. The number of hydrogen-bond acceptors (Lipinski definition) is 3. The lowest BCUT2D eigenvalue weighted by atomic mass is 9.76. The predicted octanol–water partition coefficient (Wildman–Crippen LogP) is 2.22. The summed E-state index contributed by atoms with van der Waals surface area (Å²) in [5.74, 6) is 0.851. The molecule has 1 saturated heterocycles. The molecule has 0 spiro atoms. The van der Waals surface area contributed by atoms with Crippen LogP contribution in [0.3, 0.4) is 0 Å². The quantitative estimate of drug-likeness (QED) is 0.589. The van der Waals surface area contributed by atoms with Gasteiger partial charge in [-0.2, -0.15) is 0 Å². The molecule has 1 aliphatic heterocycles. The van der Waals surface area contributed by atoms with E-state index in [2.05, 4.69) is 19.2 Å². The first-order valence-electron chi connectivity index (χ1n) is 6.66. The summed E-state index contributed by atoms with van der Waals surface area (Å²) in [5.41, 5.74) is 1.39. The molecule has 2 aliphatic rings. The van der Waals surface area contributed by atoms with Crippen molar-refractivity contribution in [3.63, 3.8) is 0 Å². The predicted molar refractivity (Wildman–Crippen MR) is 66.5 cm³/mol. The zero-order chi connectivity index (χ0) is 12.4. The number of rotatable bonds is 2. The SMILES string of the molecule is CCC(C)C1CC(=O)C(=C2CCCN2)C(=O)C1. The van der Waals surface area contributed by atoms with Crippen LogP contribution in [-0.4, -0.2) is 18.1 Å². The van der Waals surface area contributed by atoms with Gasteiger partial charge in [0.05, 0.1) is 5.57 Å². The van der Waals surface area contributed by atoms with Crippen LogP contribution < -0.4 is 5.32 Å². The summed E-state index contributed by atoms with van der Waals surface area (Å²) in [6.07, 6.45) is 4.05. The van der Waals surface area contributed by atoms with Gasteiger partial charge in [-0.05, 0) is 24.7 Å². The van der Waals surface area contributed by atoms with Crippen LogP contribution >= 0.6 is 0 Å². The molecule has 0 aromatic rings. The van der Waals surface area contributed by atoms with Gasteiger partial charge in [0.1, 0.15) is 0 Å². The van der Waals surface area contributed by atoms with Gasteiger partial charge in [-0.1, -0.05) is 20.3 Å². The van der Waals surface area contributed by atoms with E-state index in [0.29, 0.717) is 24.3 Å². The topological polar surface area (TPSA) is 46.2 Å². The second-order valence-electron chi connectivity index (χ2n) is 5.28.